The van der Waals surface area contributed by atoms with E-state index in [4.69, 9.17) is 9.84 Å². The van der Waals surface area contributed by atoms with Gasteiger partial charge < -0.3 is 10.1 Å². The van der Waals surface area contributed by atoms with Crippen LogP contribution in [0.2, 0.25) is 0 Å². The number of aryl methyl sites for hydroxylation is 1. The molecule has 1 aliphatic carbocycles. The van der Waals surface area contributed by atoms with E-state index in [0.29, 0.717) is 12.6 Å². The van der Waals surface area contributed by atoms with Gasteiger partial charge in [0.1, 0.15) is 5.75 Å². The summed E-state index contributed by atoms with van der Waals surface area (Å²) in [4.78, 5) is 0. The van der Waals surface area contributed by atoms with Crippen LogP contribution < -0.4 is 10.1 Å². The molecular formula is C27H31N5O. The Labute approximate surface area is 195 Å². The Kier molecular flexibility index (Phi) is 6.01. The van der Waals surface area contributed by atoms with Crippen molar-refractivity contribution in [1.82, 2.24) is 24.9 Å². The van der Waals surface area contributed by atoms with E-state index in [1.807, 2.05) is 16.9 Å². The second-order valence-corrected chi connectivity index (χ2v) is 8.85. The molecular weight excluding hydrogens is 410 g/mol. The lowest BCUT2D eigenvalue weighted by Crippen LogP contribution is -2.25. The Morgan fingerprint density at radius 3 is 2.85 bits per heavy atom. The summed E-state index contributed by atoms with van der Waals surface area (Å²) in [5.74, 6) is 0.893. The molecule has 170 valence electrons. The highest BCUT2D eigenvalue weighted by atomic mass is 16.5. The van der Waals surface area contributed by atoms with Crippen molar-refractivity contribution >= 4 is 0 Å². The molecule has 0 fully saturated rings. The average molecular weight is 442 g/mol. The van der Waals surface area contributed by atoms with Crippen molar-refractivity contribution < 1.29 is 4.74 Å². The molecule has 33 heavy (non-hydrogen) atoms. The fourth-order valence-electron chi connectivity index (χ4n) is 4.82. The van der Waals surface area contributed by atoms with E-state index in [2.05, 4.69) is 71.5 Å². The third-order valence-corrected chi connectivity index (χ3v) is 6.78. The number of nitrogens with one attached hydrogen (secondary N) is 1. The standard InChI is InChI=1S/C27H31N5O/c1-19-7-4-9-25(20(19)2)32-26-10-5-8-24(23(26)17-30-32)28-16-21-11-12-27(33-3)22(15-21)18-31-14-6-13-29-31/h4,6-7,9,11-15,17,24,28H,5,8,10,16,18H2,1-3H3/t24-/m1/s1. The molecule has 1 N–H and O–H groups in total. The van der Waals surface area contributed by atoms with E-state index < -0.39 is 0 Å². The SMILES string of the molecule is COc1ccc(CN[C@@H]2CCCc3c2cnn3-c2cccc(C)c2C)cc1Cn1cccn1. The monoisotopic (exact) mass is 441 g/mol. The highest BCUT2D eigenvalue weighted by molar-refractivity contribution is 5.46. The summed E-state index contributed by atoms with van der Waals surface area (Å²) in [6.45, 7) is 5.84. The van der Waals surface area contributed by atoms with Gasteiger partial charge in [-0.3, -0.25) is 4.68 Å². The van der Waals surface area contributed by atoms with Crippen LogP contribution in [0.5, 0.6) is 5.75 Å². The Hall–Kier alpha value is -3.38. The first-order chi connectivity index (χ1) is 16.1. The highest BCUT2D eigenvalue weighted by Gasteiger charge is 2.25. The molecule has 0 unspecified atom stereocenters. The van der Waals surface area contributed by atoms with Gasteiger partial charge in [0.05, 0.1) is 25.5 Å². The lowest BCUT2D eigenvalue weighted by Gasteiger charge is -2.25. The molecule has 0 saturated carbocycles. The van der Waals surface area contributed by atoms with Gasteiger partial charge in [-0.15, -0.1) is 0 Å². The number of methoxy groups -OCH3 is 1. The Balaban J connectivity index is 1.35. The van der Waals surface area contributed by atoms with Crippen molar-refractivity contribution in [3.8, 4) is 11.4 Å². The molecule has 5 rings (SSSR count). The van der Waals surface area contributed by atoms with Crippen LogP contribution in [-0.2, 0) is 19.5 Å². The summed E-state index contributed by atoms with van der Waals surface area (Å²) >= 11 is 0. The molecule has 1 atom stereocenters. The number of hydrogen-bond acceptors (Lipinski definition) is 4. The normalized spacial score (nSPS) is 15.4. The summed E-state index contributed by atoms with van der Waals surface area (Å²) in [5, 5.41) is 12.9. The fourth-order valence-corrected chi connectivity index (χ4v) is 4.82. The lowest BCUT2D eigenvalue weighted by molar-refractivity contribution is 0.406. The lowest BCUT2D eigenvalue weighted by atomic mass is 9.92. The number of fused-ring (bicyclic) bond motifs is 1. The van der Waals surface area contributed by atoms with Gasteiger partial charge in [-0.25, -0.2) is 4.68 Å². The van der Waals surface area contributed by atoms with Crippen LogP contribution in [0, 0.1) is 13.8 Å². The van der Waals surface area contributed by atoms with Gasteiger partial charge in [0.2, 0.25) is 0 Å². The van der Waals surface area contributed by atoms with Gasteiger partial charge in [-0.05, 0) is 74.1 Å². The van der Waals surface area contributed by atoms with Crippen LogP contribution in [0.1, 0.15) is 52.4 Å². The number of ether oxygens (including phenoxy) is 1. The van der Waals surface area contributed by atoms with Crippen LogP contribution in [-0.4, -0.2) is 26.7 Å². The molecule has 6 nitrogen and oxygen atoms in total. The van der Waals surface area contributed by atoms with Crippen molar-refractivity contribution in [2.24, 2.45) is 0 Å². The number of nitrogens with zero attached hydrogens (tertiary/aromatic N) is 4. The van der Waals surface area contributed by atoms with Gasteiger partial charge in [0.25, 0.3) is 0 Å². The minimum atomic E-state index is 0.310. The first-order valence-electron chi connectivity index (χ1n) is 11.6. The molecule has 0 amide bonds. The zero-order valence-electron chi connectivity index (χ0n) is 19.6. The number of hydrogen-bond donors (Lipinski definition) is 1. The topological polar surface area (TPSA) is 56.9 Å². The van der Waals surface area contributed by atoms with E-state index in [1.165, 1.54) is 33.6 Å². The molecule has 0 aliphatic heterocycles. The fraction of sp³-hybridized carbons (Fsp3) is 0.333. The Morgan fingerprint density at radius 2 is 2.03 bits per heavy atom. The first kappa shape index (κ1) is 21.5. The number of rotatable bonds is 7. The summed E-state index contributed by atoms with van der Waals surface area (Å²) in [7, 11) is 1.72. The number of aromatic nitrogens is 4. The largest absolute Gasteiger partial charge is 0.496 e. The third-order valence-electron chi connectivity index (χ3n) is 6.78. The molecule has 0 saturated heterocycles. The van der Waals surface area contributed by atoms with Gasteiger partial charge in [0, 0.05) is 41.8 Å². The van der Waals surface area contributed by atoms with Crippen LogP contribution >= 0.6 is 0 Å². The molecule has 6 heteroatoms. The molecule has 2 aromatic carbocycles. The quantitative estimate of drug-likeness (QED) is 0.443. The zero-order valence-corrected chi connectivity index (χ0v) is 19.6. The molecule has 0 spiro atoms. The molecule has 2 heterocycles. The van der Waals surface area contributed by atoms with Gasteiger partial charge in [0.15, 0.2) is 0 Å². The van der Waals surface area contributed by atoms with Crippen LogP contribution in [0.25, 0.3) is 5.69 Å². The minimum Gasteiger partial charge on any atom is -0.496 e. The third kappa shape index (κ3) is 4.31. The maximum absolute atomic E-state index is 5.58. The van der Waals surface area contributed by atoms with E-state index in [-0.39, 0.29) is 0 Å². The van der Waals surface area contributed by atoms with Gasteiger partial charge in [-0.1, -0.05) is 18.2 Å². The second kappa shape index (κ2) is 9.24. The summed E-state index contributed by atoms with van der Waals surface area (Å²) in [6, 6.07) is 15.1. The van der Waals surface area contributed by atoms with Crippen molar-refractivity contribution in [2.75, 3.05) is 7.11 Å². The molecule has 0 radical (unpaired) electrons. The summed E-state index contributed by atoms with van der Waals surface area (Å²) in [6.07, 6.45) is 9.19. The van der Waals surface area contributed by atoms with Crippen LogP contribution in [0.15, 0.2) is 61.1 Å². The zero-order chi connectivity index (χ0) is 22.8. The predicted octanol–water partition coefficient (Wildman–Crippen LogP) is 4.91. The predicted molar refractivity (Wildman–Crippen MR) is 130 cm³/mol. The molecule has 1 aliphatic rings. The Bertz CT molecular complexity index is 1240. The van der Waals surface area contributed by atoms with Crippen molar-refractivity contribution in [3.05, 3.63) is 94.6 Å². The van der Waals surface area contributed by atoms with Gasteiger partial charge >= 0.3 is 0 Å². The minimum absolute atomic E-state index is 0.310. The number of benzene rings is 2. The molecule has 4 aromatic rings. The summed E-state index contributed by atoms with van der Waals surface area (Å²) < 4.78 is 9.65. The van der Waals surface area contributed by atoms with Crippen molar-refractivity contribution in [3.63, 3.8) is 0 Å². The maximum atomic E-state index is 5.58. The Morgan fingerprint density at radius 1 is 1.12 bits per heavy atom. The smallest absolute Gasteiger partial charge is 0.123 e. The molecule has 2 aromatic heterocycles. The van der Waals surface area contributed by atoms with Crippen LogP contribution in [0.4, 0.5) is 0 Å². The highest BCUT2D eigenvalue weighted by Crippen LogP contribution is 2.32. The summed E-state index contributed by atoms with van der Waals surface area (Å²) in [5.41, 5.74) is 8.82. The van der Waals surface area contributed by atoms with E-state index >= 15 is 0 Å². The molecule has 0 bridgehead atoms. The van der Waals surface area contributed by atoms with E-state index in [0.717, 1.165) is 37.1 Å². The van der Waals surface area contributed by atoms with E-state index in [9.17, 15) is 0 Å². The van der Waals surface area contributed by atoms with Gasteiger partial charge in [-0.2, -0.15) is 10.2 Å². The van der Waals surface area contributed by atoms with E-state index in [1.54, 1.807) is 13.3 Å². The first-order valence-corrected chi connectivity index (χ1v) is 11.6. The van der Waals surface area contributed by atoms with Crippen molar-refractivity contribution in [1.29, 1.82) is 0 Å². The van der Waals surface area contributed by atoms with Crippen LogP contribution in [0.3, 0.4) is 0 Å². The second-order valence-electron chi connectivity index (χ2n) is 8.85. The van der Waals surface area contributed by atoms with Crippen molar-refractivity contribution in [2.45, 2.75) is 52.2 Å². The average Bonchev–Trinajstić information content (AvgIpc) is 3.50. The maximum Gasteiger partial charge on any atom is 0.123 e.